The number of pyridine rings is 1. The Morgan fingerprint density at radius 3 is 2.34 bits per heavy atom. The molecule has 2 aliphatic heterocycles. The average molecular weight is 601 g/mol. The van der Waals surface area contributed by atoms with Crippen LogP contribution in [-0.4, -0.2) is 88.8 Å². The maximum Gasteiger partial charge on any atom is 0.404 e. The molecule has 5 rings (SSSR count). The van der Waals surface area contributed by atoms with Gasteiger partial charge < -0.3 is 25.0 Å². The van der Waals surface area contributed by atoms with Crippen molar-refractivity contribution in [2.45, 2.75) is 25.8 Å². The predicted molar refractivity (Wildman–Crippen MR) is 160 cm³/mol. The van der Waals surface area contributed by atoms with E-state index in [9.17, 15) is 4.79 Å². The van der Waals surface area contributed by atoms with Crippen molar-refractivity contribution in [3.05, 3.63) is 58.3 Å². The van der Waals surface area contributed by atoms with Crippen LogP contribution in [0.2, 0.25) is 10.0 Å². The van der Waals surface area contributed by atoms with E-state index in [0.717, 1.165) is 76.2 Å². The third-order valence-corrected chi connectivity index (χ3v) is 8.02. The highest BCUT2D eigenvalue weighted by Crippen LogP contribution is 2.31. The number of carbonyl (C=O) groups is 1. The molecule has 0 aliphatic carbocycles. The normalized spacial score (nSPS) is 17.0. The minimum Gasteiger partial charge on any atom is -0.465 e. The first-order chi connectivity index (χ1) is 19.8. The number of likely N-dealkylation sites (N-methyl/N-ethyl adjacent to an activating group) is 1. The Bertz CT molecular complexity index is 1310. The lowest BCUT2D eigenvalue weighted by Gasteiger charge is -2.32. The van der Waals surface area contributed by atoms with E-state index in [2.05, 4.69) is 37.0 Å². The lowest BCUT2D eigenvalue weighted by atomic mass is 9.93. The van der Waals surface area contributed by atoms with Crippen LogP contribution in [0.15, 0.2) is 42.7 Å². The van der Waals surface area contributed by atoms with Crippen LogP contribution in [0.3, 0.4) is 0 Å². The molecule has 1 aromatic carbocycles. The Labute approximate surface area is 250 Å². The molecule has 3 aromatic rings. The molecule has 2 saturated heterocycles. The van der Waals surface area contributed by atoms with Crippen molar-refractivity contribution in [3.8, 4) is 22.9 Å². The number of ether oxygens (including phenoxy) is 1. The highest BCUT2D eigenvalue weighted by Gasteiger charge is 2.21. The van der Waals surface area contributed by atoms with Gasteiger partial charge in [0.15, 0.2) is 5.75 Å². The first kappa shape index (κ1) is 29.3. The van der Waals surface area contributed by atoms with Gasteiger partial charge in [0.05, 0.1) is 18.1 Å². The van der Waals surface area contributed by atoms with Crippen molar-refractivity contribution < 1.29 is 14.6 Å². The summed E-state index contributed by atoms with van der Waals surface area (Å²) in [5, 5.41) is 12.4. The molecule has 2 N–H and O–H groups in total. The standard InChI is InChI=1S/C29H35Cl2N7O3/c1-36-8-10-38(11-9-36)28-33-17-25(18-34-28)41-27-13-21(12-26(35-27)22-14-23(30)16-24(31)15-22)19-37-6-3-20(4-7-37)2-5-32-29(39)40/h12-18,20,32H,2-11,19H2,1H3,(H,39,40). The number of hydrogen-bond acceptors (Lipinski definition) is 8. The number of piperidine rings is 1. The summed E-state index contributed by atoms with van der Waals surface area (Å²) in [5.74, 6) is 2.17. The summed E-state index contributed by atoms with van der Waals surface area (Å²) in [6.07, 6.45) is 5.34. The van der Waals surface area contributed by atoms with E-state index in [-0.39, 0.29) is 0 Å². The highest BCUT2D eigenvalue weighted by molar-refractivity contribution is 6.35. The Balaban J connectivity index is 1.30. The number of halogens is 2. The van der Waals surface area contributed by atoms with Crippen LogP contribution in [0.1, 0.15) is 24.8 Å². The Morgan fingerprint density at radius 1 is 1.00 bits per heavy atom. The molecule has 0 bridgehead atoms. The second-order valence-corrected chi connectivity index (χ2v) is 11.6. The second-order valence-electron chi connectivity index (χ2n) is 10.7. The number of amides is 1. The van der Waals surface area contributed by atoms with Gasteiger partial charge in [0.25, 0.3) is 0 Å². The first-order valence-corrected chi connectivity index (χ1v) is 14.7. The van der Waals surface area contributed by atoms with Crippen molar-refractivity contribution in [3.63, 3.8) is 0 Å². The number of anilines is 1. The van der Waals surface area contributed by atoms with Crippen molar-refractivity contribution in [2.24, 2.45) is 5.92 Å². The van der Waals surface area contributed by atoms with E-state index in [4.69, 9.17) is 38.0 Å². The van der Waals surface area contributed by atoms with Gasteiger partial charge in [-0.05, 0) is 75.1 Å². The maximum atomic E-state index is 10.7. The van der Waals surface area contributed by atoms with Gasteiger partial charge >= 0.3 is 6.09 Å². The number of nitrogens with zero attached hydrogens (tertiary/aromatic N) is 6. The zero-order chi connectivity index (χ0) is 28.8. The van der Waals surface area contributed by atoms with Gasteiger partial charge in [0.2, 0.25) is 11.8 Å². The van der Waals surface area contributed by atoms with Crippen molar-refractivity contribution in [1.82, 2.24) is 30.1 Å². The summed E-state index contributed by atoms with van der Waals surface area (Å²) in [7, 11) is 2.12. The molecule has 0 radical (unpaired) electrons. The quantitative estimate of drug-likeness (QED) is 0.340. The summed E-state index contributed by atoms with van der Waals surface area (Å²) >= 11 is 12.6. The number of aromatic nitrogens is 3. The fourth-order valence-corrected chi connectivity index (χ4v) is 5.81. The van der Waals surface area contributed by atoms with Gasteiger partial charge in [-0.1, -0.05) is 23.2 Å². The SMILES string of the molecule is CN1CCN(c2ncc(Oc3cc(CN4CCC(CCNC(=O)O)CC4)cc(-c4cc(Cl)cc(Cl)c4)n3)cn2)CC1. The molecule has 1 amide bonds. The molecule has 4 heterocycles. The van der Waals surface area contributed by atoms with Gasteiger partial charge in [-0.25, -0.2) is 19.7 Å². The molecule has 0 unspecified atom stereocenters. The second kappa shape index (κ2) is 13.7. The molecule has 2 aliphatic rings. The van der Waals surface area contributed by atoms with Gasteiger partial charge in [-0.15, -0.1) is 0 Å². The zero-order valence-electron chi connectivity index (χ0n) is 23.1. The minimum absolute atomic E-state index is 0.444. The Hall–Kier alpha value is -3.18. The van der Waals surface area contributed by atoms with Crippen molar-refractivity contribution >= 4 is 35.2 Å². The molecule has 41 heavy (non-hydrogen) atoms. The molecular formula is C29H35Cl2N7O3. The summed E-state index contributed by atoms with van der Waals surface area (Å²) < 4.78 is 6.17. The van der Waals surface area contributed by atoms with E-state index < -0.39 is 6.09 Å². The maximum absolute atomic E-state index is 10.7. The van der Waals surface area contributed by atoms with Gasteiger partial charge in [-0.3, -0.25) is 4.90 Å². The van der Waals surface area contributed by atoms with E-state index in [1.165, 1.54) is 0 Å². The van der Waals surface area contributed by atoms with Gasteiger partial charge in [-0.2, -0.15) is 0 Å². The van der Waals surface area contributed by atoms with E-state index >= 15 is 0 Å². The summed E-state index contributed by atoms with van der Waals surface area (Å²) in [5.41, 5.74) is 2.58. The molecule has 2 aromatic heterocycles. The van der Waals surface area contributed by atoms with Crippen LogP contribution < -0.4 is 15.0 Å². The van der Waals surface area contributed by atoms with Crippen LogP contribution in [0.5, 0.6) is 11.6 Å². The minimum atomic E-state index is -0.965. The summed E-state index contributed by atoms with van der Waals surface area (Å²) in [6, 6.07) is 9.38. The number of nitrogens with one attached hydrogen (secondary N) is 1. The van der Waals surface area contributed by atoms with E-state index in [1.54, 1.807) is 18.5 Å². The molecule has 218 valence electrons. The van der Waals surface area contributed by atoms with Crippen molar-refractivity contribution in [1.29, 1.82) is 0 Å². The topological polar surface area (TPSA) is 107 Å². The fourth-order valence-electron chi connectivity index (χ4n) is 5.28. The smallest absolute Gasteiger partial charge is 0.404 e. The molecule has 12 heteroatoms. The Kier molecular flexibility index (Phi) is 9.76. The number of piperazine rings is 1. The number of likely N-dealkylation sites (tertiary alicyclic amines) is 1. The third-order valence-electron chi connectivity index (χ3n) is 7.59. The average Bonchev–Trinajstić information content (AvgIpc) is 2.94. The third kappa shape index (κ3) is 8.42. The lowest BCUT2D eigenvalue weighted by Crippen LogP contribution is -2.45. The number of rotatable bonds is 9. The van der Waals surface area contributed by atoms with Crippen LogP contribution in [-0.2, 0) is 6.54 Å². The van der Waals surface area contributed by atoms with Crippen LogP contribution in [0.25, 0.3) is 11.3 Å². The summed E-state index contributed by atoms with van der Waals surface area (Å²) in [4.78, 5) is 31.5. The predicted octanol–water partition coefficient (Wildman–Crippen LogP) is 5.26. The van der Waals surface area contributed by atoms with E-state index in [1.807, 2.05) is 24.3 Å². The molecule has 2 fully saturated rings. The molecular weight excluding hydrogens is 565 g/mol. The number of benzene rings is 1. The molecule has 0 atom stereocenters. The zero-order valence-corrected chi connectivity index (χ0v) is 24.6. The van der Waals surface area contributed by atoms with Gasteiger partial charge in [0.1, 0.15) is 0 Å². The number of carboxylic acid groups (broad SMARTS) is 1. The Morgan fingerprint density at radius 2 is 1.68 bits per heavy atom. The lowest BCUT2D eigenvalue weighted by molar-refractivity contribution is 0.168. The largest absolute Gasteiger partial charge is 0.465 e. The van der Waals surface area contributed by atoms with E-state index in [0.29, 0.717) is 45.8 Å². The highest BCUT2D eigenvalue weighted by atomic mass is 35.5. The van der Waals surface area contributed by atoms with Gasteiger partial charge in [0, 0.05) is 60.9 Å². The van der Waals surface area contributed by atoms with Crippen LogP contribution in [0.4, 0.5) is 10.7 Å². The summed E-state index contributed by atoms with van der Waals surface area (Å²) in [6.45, 7) is 6.86. The molecule has 0 saturated carbocycles. The molecule has 0 spiro atoms. The number of hydrogen-bond donors (Lipinski definition) is 2. The first-order valence-electron chi connectivity index (χ1n) is 13.9. The molecule has 10 nitrogen and oxygen atoms in total. The fraction of sp³-hybridized carbons (Fsp3) is 0.448. The monoisotopic (exact) mass is 599 g/mol. The van der Waals surface area contributed by atoms with Crippen LogP contribution >= 0.6 is 23.2 Å². The van der Waals surface area contributed by atoms with Crippen molar-refractivity contribution in [2.75, 3.05) is 57.8 Å². The van der Waals surface area contributed by atoms with Crippen LogP contribution in [0, 0.1) is 5.92 Å².